The van der Waals surface area contributed by atoms with E-state index in [2.05, 4.69) is 36.6 Å². The summed E-state index contributed by atoms with van der Waals surface area (Å²) in [6, 6.07) is 0. The Kier molecular flexibility index (Phi) is 5.27. The molecule has 0 spiro atoms. The second kappa shape index (κ2) is 4.12. The van der Waals surface area contributed by atoms with Gasteiger partial charge in [-0.15, -0.1) is 0 Å². The first kappa shape index (κ1) is 5.12. The molecular formula is CH4IOP. The molecule has 0 aromatic rings. The lowest BCUT2D eigenvalue weighted by Gasteiger charge is -1.74. The van der Waals surface area contributed by atoms with Gasteiger partial charge in [-0.2, -0.15) is 0 Å². The summed E-state index contributed by atoms with van der Waals surface area (Å²) in [4.78, 5) is 0. The Bertz CT molecular complexity index is 10.0. The van der Waals surface area contributed by atoms with Gasteiger partial charge in [-0.1, -0.05) is 22.6 Å². The van der Waals surface area contributed by atoms with Gasteiger partial charge in [0.2, 0.25) is 0 Å². The van der Waals surface area contributed by atoms with Gasteiger partial charge >= 0.3 is 0 Å². The molecule has 0 radical (unpaired) electrons. The highest BCUT2D eigenvalue weighted by atomic mass is 127. The number of alkyl halides is 1. The Labute approximate surface area is 41.5 Å². The molecule has 0 aliphatic heterocycles. The molecule has 0 aromatic heterocycles. The SMILES string of the molecule is POCI. The first-order valence-corrected chi connectivity index (χ1v) is 2.79. The molecule has 0 aliphatic rings. The summed E-state index contributed by atoms with van der Waals surface area (Å²) in [6.45, 7) is 0. The molecule has 0 aromatic carbocycles. The summed E-state index contributed by atoms with van der Waals surface area (Å²) in [6.07, 6.45) is 0. The van der Waals surface area contributed by atoms with Crippen LogP contribution in [0.4, 0.5) is 0 Å². The Morgan fingerprint density at radius 1 is 2.00 bits per heavy atom. The van der Waals surface area contributed by atoms with E-state index in [1.54, 1.807) is 0 Å². The van der Waals surface area contributed by atoms with Crippen LogP contribution >= 0.6 is 32.1 Å². The van der Waals surface area contributed by atoms with Gasteiger partial charge < -0.3 is 4.52 Å². The zero-order valence-corrected chi connectivity index (χ0v) is 5.38. The van der Waals surface area contributed by atoms with Crippen LogP contribution in [0.5, 0.6) is 0 Å². The molecule has 0 amide bonds. The second-order valence-corrected chi connectivity index (χ2v) is 1.23. The van der Waals surface area contributed by atoms with Gasteiger partial charge in [0, 0.05) is 9.47 Å². The molecule has 4 heavy (non-hydrogen) atoms. The van der Waals surface area contributed by atoms with Gasteiger partial charge in [0.25, 0.3) is 0 Å². The van der Waals surface area contributed by atoms with Crippen molar-refractivity contribution in [1.82, 2.24) is 0 Å². The lowest BCUT2D eigenvalue weighted by Crippen LogP contribution is -1.55. The molecule has 0 bridgehead atoms. The van der Waals surface area contributed by atoms with Crippen molar-refractivity contribution < 1.29 is 4.52 Å². The Morgan fingerprint density at radius 3 is 2.25 bits per heavy atom. The maximum atomic E-state index is 4.44. The number of hydrogen-bond acceptors (Lipinski definition) is 1. The predicted molar refractivity (Wildman–Crippen MR) is 29.7 cm³/mol. The molecule has 0 aliphatic carbocycles. The molecule has 3 heteroatoms. The molecular weight excluding hydrogens is 186 g/mol. The highest BCUT2D eigenvalue weighted by Crippen LogP contribution is 1.87. The van der Waals surface area contributed by atoms with Crippen molar-refractivity contribution in [3.63, 3.8) is 0 Å². The smallest absolute Gasteiger partial charge is 0.101 e. The van der Waals surface area contributed by atoms with E-state index < -0.39 is 0 Å². The molecule has 0 rings (SSSR count). The summed E-state index contributed by atoms with van der Waals surface area (Å²) < 4.78 is 5.20. The van der Waals surface area contributed by atoms with Gasteiger partial charge in [-0.25, -0.2) is 0 Å². The van der Waals surface area contributed by atoms with Crippen molar-refractivity contribution in [2.24, 2.45) is 0 Å². The van der Waals surface area contributed by atoms with Crippen molar-refractivity contribution in [2.45, 2.75) is 0 Å². The third-order valence-corrected chi connectivity index (χ3v) is 1.27. The maximum Gasteiger partial charge on any atom is 0.101 e. The first-order chi connectivity index (χ1) is 1.91. The maximum absolute atomic E-state index is 4.44. The lowest BCUT2D eigenvalue weighted by molar-refractivity contribution is 0.476. The van der Waals surface area contributed by atoms with Crippen LogP contribution in [0.2, 0.25) is 0 Å². The molecule has 26 valence electrons. The van der Waals surface area contributed by atoms with Crippen LogP contribution in [-0.2, 0) is 4.52 Å². The van der Waals surface area contributed by atoms with E-state index in [0.717, 1.165) is 4.61 Å². The number of rotatable bonds is 1. The van der Waals surface area contributed by atoms with E-state index in [9.17, 15) is 0 Å². The van der Waals surface area contributed by atoms with E-state index in [1.807, 2.05) is 0 Å². The Hall–Kier alpha value is 1.12. The average molecular weight is 190 g/mol. The lowest BCUT2D eigenvalue weighted by atomic mass is 11.8. The minimum absolute atomic E-state index is 0.752. The third kappa shape index (κ3) is 3.12. The summed E-state index contributed by atoms with van der Waals surface area (Å²) >= 11 is 2.11. The fraction of sp³-hybridized carbons (Fsp3) is 1.00. The van der Waals surface area contributed by atoms with Crippen LogP contribution in [0.1, 0.15) is 0 Å². The van der Waals surface area contributed by atoms with Crippen molar-refractivity contribution in [1.29, 1.82) is 0 Å². The minimum Gasteiger partial charge on any atom is -0.355 e. The first-order valence-electron chi connectivity index (χ1n) is 0.792. The normalized spacial score (nSPS) is 7.50. The van der Waals surface area contributed by atoms with Gasteiger partial charge in [0.1, 0.15) is 4.61 Å². The largest absolute Gasteiger partial charge is 0.355 e. The molecule has 0 saturated carbocycles. The summed E-state index contributed by atoms with van der Waals surface area (Å²) in [7, 11) is 2.15. The van der Waals surface area contributed by atoms with Crippen molar-refractivity contribution >= 4 is 32.1 Å². The van der Waals surface area contributed by atoms with Crippen molar-refractivity contribution in [3.8, 4) is 0 Å². The van der Waals surface area contributed by atoms with Crippen molar-refractivity contribution in [2.75, 3.05) is 4.61 Å². The topological polar surface area (TPSA) is 9.23 Å². The van der Waals surface area contributed by atoms with Crippen LogP contribution in [0.25, 0.3) is 0 Å². The molecule has 0 saturated heterocycles. The van der Waals surface area contributed by atoms with Crippen LogP contribution in [0, 0.1) is 0 Å². The van der Waals surface area contributed by atoms with Gasteiger partial charge in [-0.3, -0.25) is 0 Å². The third-order valence-electron chi connectivity index (χ3n) is 0.0630. The zero-order valence-electron chi connectivity index (χ0n) is 2.07. The van der Waals surface area contributed by atoms with Crippen LogP contribution < -0.4 is 0 Å². The summed E-state index contributed by atoms with van der Waals surface area (Å²) in [5.41, 5.74) is 0. The van der Waals surface area contributed by atoms with Crippen LogP contribution in [0.15, 0.2) is 0 Å². The number of halogens is 1. The summed E-state index contributed by atoms with van der Waals surface area (Å²) in [5, 5.41) is 0. The average Bonchev–Trinajstić information content (AvgIpc) is 1.37. The Morgan fingerprint density at radius 2 is 2.25 bits per heavy atom. The monoisotopic (exact) mass is 190 g/mol. The Balaban J connectivity index is 1.97. The minimum atomic E-state index is 0.752. The fourth-order valence-electron chi connectivity index (χ4n) is 0. The molecule has 0 heterocycles. The standard InChI is InChI=1S/CH4IOP/c2-1-3-4/h1,4H2. The molecule has 1 atom stereocenters. The molecule has 1 nitrogen and oxygen atoms in total. The molecule has 0 fully saturated rings. The second-order valence-electron chi connectivity index (χ2n) is 0.276. The van der Waals surface area contributed by atoms with Gasteiger partial charge in [0.15, 0.2) is 0 Å². The van der Waals surface area contributed by atoms with Gasteiger partial charge in [-0.05, 0) is 0 Å². The molecule has 1 unspecified atom stereocenters. The zero-order chi connectivity index (χ0) is 3.41. The van der Waals surface area contributed by atoms with Crippen LogP contribution in [0.3, 0.4) is 0 Å². The summed E-state index contributed by atoms with van der Waals surface area (Å²) in [5.74, 6) is 0. The van der Waals surface area contributed by atoms with E-state index in [-0.39, 0.29) is 0 Å². The van der Waals surface area contributed by atoms with E-state index in [4.69, 9.17) is 0 Å². The fourth-order valence-corrected chi connectivity index (χ4v) is 0. The van der Waals surface area contributed by atoms with E-state index >= 15 is 0 Å². The predicted octanol–water partition coefficient (Wildman–Crippen LogP) is 1.19. The van der Waals surface area contributed by atoms with Gasteiger partial charge in [0.05, 0.1) is 0 Å². The number of hydrogen-bond donors (Lipinski definition) is 0. The highest BCUT2D eigenvalue weighted by Gasteiger charge is 1.54. The molecule has 0 N–H and O–H groups in total. The quantitative estimate of drug-likeness (QED) is 0.342. The van der Waals surface area contributed by atoms with Crippen molar-refractivity contribution in [3.05, 3.63) is 0 Å². The highest BCUT2D eigenvalue weighted by molar-refractivity contribution is 14.1. The van der Waals surface area contributed by atoms with E-state index in [0.29, 0.717) is 0 Å². The van der Waals surface area contributed by atoms with Crippen LogP contribution in [-0.4, -0.2) is 4.61 Å². The van der Waals surface area contributed by atoms with E-state index in [1.165, 1.54) is 0 Å².